The summed E-state index contributed by atoms with van der Waals surface area (Å²) in [6, 6.07) is 3.75. The minimum Gasteiger partial charge on any atom is -0.449 e. The van der Waals surface area contributed by atoms with Gasteiger partial charge in [0.05, 0.1) is 11.6 Å². The number of rotatable bonds is 3. The van der Waals surface area contributed by atoms with Crippen molar-refractivity contribution in [2.45, 2.75) is 20.3 Å². The molecule has 116 valence electrons. The lowest BCUT2D eigenvalue weighted by Gasteiger charge is -2.22. The Labute approximate surface area is 130 Å². The van der Waals surface area contributed by atoms with Crippen LogP contribution < -0.4 is 4.90 Å². The lowest BCUT2D eigenvalue weighted by molar-refractivity contribution is 0.0943. The Kier molecular flexibility index (Phi) is 5.67. The van der Waals surface area contributed by atoms with Crippen molar-refractivity contribution in [2.24, 2.45) is 5.92 Å². The molecule has 1 aliphatic rings. The second kappa shape index (κ2) is 7.50. The van der Waals surface area contributed by atoms with Crippen LogP contribution in [0.1, 0.15) is 20.3 Å². The summed E-state index contributed by atoms with van der Waals surface area (Å²) in [5, 5.41) is 0.632. The van der Waals surface area contributed by atoms with Gasteiger partial charge in [0.1, 0.15) is 5.82 Å². The minimum absolute atomic E-state index is 0.213. The number of ether oxygens (including phenoxy) is 1. The molecule has 0 N–H and O–H groups in total. The highest BCUT2D eigenvalue weighted by atomic mass is 35.5. The number of anilines is 1. The smallest absolute Gasteiger partial charge is 0.409 e. The predicted molar refractivity (Wildman–Crippen MR) is 83.8 cm³/mol. The predicted octanol–water partition coefficient (Wildman–Crippen LogP) is 3.04. The maximum atomic E-state index is 12.0. The van der Waals surface area contributed by atoms with E-state index < -0.39 is 0 Å². The number of aromatic nitrogens is 1. The summed E-state index contributed by atoms with van der Waals surface area (Å²) >= 11 is 5.86. The van der Waals surface area contributed by atoms with Crippen molar-refractivity contribution in [3.05, 3.63) is 23.4 Å². The summed E-state index contributed by atoms with van der Waals surface area (Å²) in [5.74, 6) is 1.26. The first-order valence-electron chi connectivity index (χ1n) is 7.34. The topological polar surface area (TPSA) is 45.7 Å². The van der Waals surface area contributed by atoms with Gasteiger partial charge in [0.15, 0.2) is 0 Å². The molecule has 1 fully saturated rings. The van der Waals surface area contributed by atoms with E-state index in [0.29, 0.717) is 24.1 Å². The number of hydrogen-bond acceptors (Lipinski definition) is 4. The first-order valence-corrected chi connectivity index (χ1v) is 7.72. The fourth-order valence-corrected chi connectivity index (χ4v) is 2.33. The highest BCUT2D eigenvalue weighted by molar-refractivity contribution is 6.30. The molecule has 1 aromatic heterocycles. The van der Waals surface area contributed by atoms with E-state index in [-0.39, 0.29) is 6.09 Å². The average molecular weight is 312 g/mol. The molecule has 1 saturated heterocycles. The number of pyridine rings is 1. The first kappa shape index (κ1) is 15.9. The highest BCUT2D eigenvalue weighted by Crippen LogP contribution is 2.16. The summed E-state index contributed by atoms with van der Waals surface area (Å²) in [4.78, 5) is 20.3. The molecule has 6 heteroatoms. The summed E-state index contributed by atoms with van der Waals surface area (Å²) in [5.41, 5.74) is 0. The zero-order valence-corrected chi connectivity index (χ0v) is 13.3. The van der Waals surface area contributed by atoms with Crippen LogP contribution >= 0.6 is 11.6 Å². The molecule has 0 atom stereocenters. The van der Waals surface area contributed by atoms with Crippen molar-refractivity contribution in [1.29, 1.82) is 0 Å². The summed E-state index contributed by atoms with van der Waals surface area (Å²) in [6.45, 7) is 7.54. The van der Waals surface area contributed by atoms with E-state index in [4.69, 9.17) is 16.3 Å². The molecule has 0 aromatic carbocycles. The number of amides is 1. The highest BCUT2D eigenvalue weighted by Gasteiger charge is 2.21. The van der Waals surface area contributed by atoms with E-state index in [1.54, 1.807) is 11.1 Å². The van der Waals surface area contributed by atoms with Gasteiger partial charge in [-0.25, -0.2) is 9.78 Å². The summed E-state index contributed by atoms with van der Waals surface area (Å²) in [6.07, 6.45) is 2.34. The molecule has 1 aliphatic heterocycles. The Morgan fingerprint density at radius 2 is 2.14 bits per heavy atom. The van der Waals surface area contributed by atoms with E-state index in [0.717, 1.165) is 31.9 Å². The molecule has 0 bridgehead atoms. The van der Waals surface area contributed by atoms with Gasteiger partial charge in [-0.1, -0.05) is 25.4 Å². The number of nitrogens with zero attached hydrogens (tertiary/aromatic N) is 3. The van der Waals surface area contributed by atoms with Gasteiger partial charge in [-0.05, 0) is 24.5 Å². The molecule has 0 saturated carbocycles. The van der Waals surface area contributed by atoms with Crippen molar-refractivity contribution >= 4 is 23.5 Å². The van der Waals surface area contributed by atoms with Crippen LogP contribution in [0.5, 0.6) is 0 Å². The van der Waals surface area contributed by atoms with Crippen molar-refractivity contribution in [3.63, 3.8) is 0 Å². The van der Waals surface area contributed by atoms with Crippen molar-refractivity contribution < 1.29 is 9.53 Å². The molecule has 1 amide bonds. The van der Waals surface area contributed by atoms with Gasteiger partial charge < -0.3 is 14.5 Å². The van der Waals surface area contributed by atoms with Crippen LogP contribution in [-0.4, -0.2) is 48.8 Å². The van der Waals surface area contributed by atoms with E-state index in [1.807, 2.05) is 26.0 Å². The fraction of sp³-hybridized carbons (Fsp3) is 0.600. The van der Waals surface area contributed by atoms with E-state index in [9.17, 15) is 4.79 Å². The van der Waals surface area contributed by atoms with Crippen molar-refractivity contribution in [1.82, 2.24) is 9.88 Å². The van der Waals surface area contributed by atoms with Crippen LogP contribution in [-0.2, 0) is 4.74 Å². The van der Waals surface area contributed by atoms with Crippen LogP contribution in [0.3, 0.4) is 0 Å². The quantitative estimate of drug-likeness (QED) is 0.860. The summed E-state index contributed by atoms with van der Waals surface area (Å²) < 4.78 is 5.29. The normalized spacial score (nSPS) is 16.0. The second-order valence-electron chi connectivity index (χ2n) is 5.63. The number of carbonyl (C=O) groups excluding carboxylic acids is 1. The van der Waals surface area contributed by atoms with E-state index >= 15 is 0 Å². The first-order chi connectivity index (χ1) is 10.1. The fourth-order valence-electron chi connectivity index (χ4n) is 2.21. The van der Waals surface area contributed by atoms with Crippen molar-refractivity contribution in [2.75, 3.05) is 37.7 Å². The lowest BCUT2D eigenvalue weighted by atomic mass is 10.2. The van der Waals surface area contributed by atoms with Gasteiger partial charge in [0, 0.05) is 32.4 Å². The van der Waals surface area contributed by atoms with Gasteiger partial charge in [0.2, 0.25) is 0 Å². The zero-order chi connectivity index (χ0) is 15.2. The Balaban J connectivity index is 1.89. The molecule has 21 heavy (non-hydrogen) atoms. The molecule has 1 aromatic rings. The van der Waals surface area contributed by atoms with Crippen LogP contribution in [0, 0.1) is 5.92 Å². The van der Waals surface area contributed by atoms with Gasteiger partial charge in [-0.2, -0.15) is 0 Å². The molecular weight excluding hydrogens is 290 g/mol. The van der Waals surface area contributed by atoms with Gasteiger partial charge in [0.25, 0.3) is 0 Å². The van der Waals surface area contributed by atoms with E-state index in [1.165, 1.54) is 0 Å². The average Bonchev–Trinajstić information content (AvgIpc) is 2.71. The lowest BCUT2D eigenvalue weighted by Crippen LogP contribution is -2.36. The third-order valence-corrected chi connectivity index (χ3v) is 3.55. The molecule has 0 spiro atoms. The molecule has 5 nitrogen and oxygen atoms in total. The van der Waals surface area contributed by atoms with Crippen molar-refractivity contribution in [3.8, 4) is 0 Å². The molecule has 0 unspecified atom stereocenters. The SMILES string of the molecule is CC(C)COC(=O)N1CCCN(c2ccc(Cl)cn2)CC1. The molecule has 0 radical (unpaired) electrons. The van der Waals surface area contributed by atoms with E-state index in [2.05, 4.69) is 9.88 Å². The monoisotopic (exact) mass is 311 g/mol. The molecule has 2 rings (SSSR count). The van der Waals surface area contributed by atoms with Crippen LogP contribution in [0.4, 0.5) is 10.6 Å². The van der Waals surface area contributed by atoms with Crippen LogP contribution in [0.25, 0.3) is 0 Å². The van der Waals surface area contributed by atoms with Gasteiger partial charge >= 0.3 is 6.09 Å². The maximum absolute atomic E-state index is 12.0. The maximum Gasteiger partial charge on any atom is 0.409 e. The Hall–Kier alpha value is -1.49. The Morgan fingerprint density at radius 3 is 2.81 bits per heavy atom. The second-order valence-corrected chi connectivity index (χ2v) is 6.07. The van der Waals surface area contributed by atoms with Crippen LogP contribution in [0.2, 0.25) is 5.02 Å². The summed E-state index contributed by atoms with van der Waals surface area (Å²) in [7, 11) is 0. The number of halogens is 1. The Morgan fingerprint density at radius 1 is 1.33 bits per heavy atom. The number of carbonyl (C=O) groups is 1. The van der Waals surface area contributed by atoms with Gasteiger partial charge in [-0.15, -0.1) is 0 Å². The minimum atomic E-state index is -0.213. The molecular formula is C15H22ClN3O2. The Bertz CT molecular complexity index is 464. The zero-order valence-electron chi connectivity index (χ0n) is 12.6. The third kappa shape index (κ3) is 4.77. The number of hydrogen-bond donors (Lipinski definition) is 0. The standard InChI is InChI=1S/C15H22ClN3O2/c1-12(2)11-21-15(20)19-7-3-6-18(8-9-19)14-5-4-13(16)10-17-14/h4-5,10,12H,3,6-9,11H2,1-2H3. The van der Waals surface area contributed by atoms with Gasteiger partial charge in [-0.3, -0.25) is 0 Å². The molecule has 2 heterocycles. The van der Waals surface area contributed by atoms with Crippen LogP contribution in [0.15, 0.2) is 18.3 Å². The third-order valence-electron chi connectivity index (χ3n) is 3.33. The molecule has 0 aliphatic carbocycles. The largest absolute Gasteiger partial charge is 0.449 e.